The van der Waals surface area contributed by atoms with Crippen LogP contribution in [-0.4, -0.2) is 32.1 Å². The molecule has 122 valence electrons. The zero-order chi connectivity index (χ0) is 16.6. The van der Waals surface area contributed by atoms with E-state index in [2.05, 4.69) is 10.2 Å². The normalized spacial score (nSPS) is 16.1. The highest BCUT2D eigenvalue weighted by molar-refractivity contribution is 5.83. The SMILES string of the molecule is NC(C(=O)N1CCn2c(nnc2C(F)(F)F)C1)c1ccccc1. The Balaban J connectivity index is 1.77. The van der Waals surface area contributed by atoms with Crippen molar-refractivity contribution < 1.29 is 18.0 Å². The summed E-state index contributed by atoms with van der Waals surface area (Å²) >= 11 is 0. The van der Waals surface area contributed by atoms with Crippen molar-refractivity contribution in [1.82, 2.24) is 19.7 Å². The molecule has 0 aliphatic carbocycles. The van der Waals surface area contributed by atoms with Gasteiger partial charge < -0.3 is 15.2 Å². The van der Waals surface area contributed by atoms with Gasteiger partial charge in [0.15, 0.2) is 5.82 Å². The minimum absolute atomic E-state index is 0.00950. The first-order valence-electron chi connectivity index (χ1n) is 6.96. The molecule has 2 aromatic rings. The summed E-state index contributed by atoms with van der Waals surface area (Å²) in [6.07, 6.45) is -4.56. The summed E-state index contributed by atoms with van der Waals surface area (Å²) in [6.45, 7) is 0.0837. The highest BCUT2D eigenvalue weighted by Crippen LogP contribution is 2.29. The zero-order valence-electron chi connectivity index (χ0n) is 12.0. The number of alkyl halides is 3. The number of hydrogen-bond donors (Lipinski definition) is 1. The fourth-order valence-electron chi connectivity index (χ4n) is 2.56. The average molecular weight is 325 g/mol. The van der Waals surface area contributed by atoms with Crippen molar-refractivity contribution in [3.05, 3.63) is 47.5 Å². The lowest BCUT2D eigenvalue weighted by atomic mass is 10.1. The first-order valence-corrected chi connectivity index (χ1v) is 6.96. The number of carbonyl (C=O) groups is 1. The average Bonchev–Trinajstić information content (AvgIpc) is 2.97. The lowest BCUT2D eigenvalue weighted by Gasteiger charge is -2.30. The maximum absolute atomic E-state index is 12.8. The van der Waals surface area contributed by atoms with E-state index in [0.717, 1.165) is 4.57 Å². The fourth-order valence-corrected chi connectivity index (χ4v) is 2.56. The van der Waals surface area contributed by atoms with Gasteiger partial charge in [-0.3, -0.25) is 4.79 Å². The van der Waals surface area contributed by atoms with Crippen molar-refractivity contribution in [3.8, 4) is 0 Å². The predicted octanol–water partition coefficient (Wildman–Crippen LogP) is 1.34. The molecule has 1 atom stereocenters. The smallest absolute Gasteiger partial charge is 0.332 e. The molecule has 0 bridgehead atoms. The van der Waals surface area contributed by atoms with Crippen molar-refractivity contribution in [2.75, 3.05) is 6.54 Å². The van der Waals surface area contributed by atoms with Gasteiger partial charge >= 0.3 is 6.18 Å². The van der Waals surface area contributed by atoms with Crippen molar-refractivity contribution in [3.63, 3.8) is 0 Å². The minimum atomic E-state index is -4.56. The molecule has 3 rings (SSSR count). The number of fused-ring (bicyclic) bond motifs is 1. The van der Waals surface area contributed by atoms with Gasteiger partial charge in [0.05, 0.1) is 6.54 Å². The van der Waals surface area contributed by atoms with Crippen molar-refractivity contribution >= 4 is 5.91 Å². The third kappa shape index (κ3) is 2.91. The third-order valence-electron chi connectivity index (χ3n) is 3.74. The van der Waals surface area contributed by atoms with Gasteiger partial charge in [0.25, 0.3) is 0 Å². The fraction of sp³-hybridized carbons (Fsp3) is 0.357. The zero-order valence-corrected chi connectivity index (χ0v) is 12.0. The van der Waals surface area contributed by atoms with Gasteiger partial charge in [0.1, 0.15) is 6.04 Å². The second kappa shape index (κ2) is 5.65. The van der Waals surface area contributed by atoms with Crippen molar-refractivity contribution in [2.24, 2.45) is 5.73 Å². The Kier molecular flexibility index (Phi) is 3.80. The molecule has 0 saturated carbocycles. The van der Waals surface area contributed by atoms with E-state index in [1.807, 2.05) is 6.07 Å². The summed E-state index contributed by atoms with van der Waals surface area (Å²) in [4.78, 5) is 13.8. The van der Waals surface area contributed by atoms with E-state index in [1.165, 1.54) is 4.90 Å². The van der Waals surface area contributed by atoms with Gasteiger partial charge in [0.2, 0.25) is 11.7 Å². The summed E-state index contributed by atoms with van der Waals surface area (Å²) < 4.78 is 39.4. The molecule has 2 heterocycles. The first kappa shape index (κ1) is 15.5. The van der Waals surface area contributed by atoms with Crippen LogP contribution in [0.4, 0.5) is 13.2 Å². The maximum Gasteiger partial charge on any atom is 0.451 e. The second-order valence-corrected chi connectivity index (χ2v) is 5.24. The highest BCUT2D eigenvalue weighted by atomic mass is 19.4. The molecule has 0 spiro atoms. The number of benzene rings is 1. The molecular formula is C14H14F3N5O. The summed E-state index contributed by atoms with van der Waals surface area (Å²) in [5, 5.41) is 6.73. The number of carbonyl (C=O) groups excluding carboxylic acids is 1. The molecule has 1 amide bonds. The molecule has 9 heteroatoms. The van der Waals surface area contributed by atoms with E-state index in [0.29, 0.717) is 5.56 Å². The van der Waals surface area contributed by atoms with Crippen molar-refractivity contribution in [1.29, 1.82) is 0 Å². The van der Waals surface area contributed by atoms with Crippen LogP contribution < -0.4 is 5.73 Å². The van der Waals surface area contributed by atoms with Crippen LogP contribution in [0.15, 0.2) is 30.3 Å². The van der Waals surface area contributed by atoms with Crippen LogP contribution in [0.3, 0.4) is 0 Å². The van der Waals surface area contributed by atoms with Gasteiger partial charge in [-0.25, -0.2) is 0 Å². The molecule has 0 radical (unpaired) electrons. The Morgan fingerprint density at radius 2 is 1.87 bits per heavy atom. The molecule has 1 aromatic heterocycles. The van der Waals surface area contributed by atoms with E-state index in [1.54, 1.807) is 24.3 Å². The number of aromatic nitrogens is 3. The third-order valence-corrected chi connectivity index (χ3v) is 3.74. The Bertz CT molecular complexity index is 713. The molecular weight excluding hydrogens is 311 g/mol. The second-order valence-electron chi connectivity index (χ2n) is 5.24. The number of amides is 1. The number of rotatable bonds is 2. The quantitative estimate of drug-likeness (QED) is 0.904. The summed E-state index contributed by atoms with van der Waals surface area (Å²) in [5.74, 6) is -1.27. The Morgan fingerprint density at radius 1 is 1.17 bits per heavy atom. The van der Waals surface area contributed by atoms with Gasteiger partial charge in [-0.2, -0.15) is 13.2 Å². The summed E-state index contributed by atoms with van der Waals surface area (Å²) in [5.41, 5.74) is 6.60. The standard InChI is InChI=1S/C14H14F3N5O/c15-14(16,17)13-20-19-10-8-21(6-7-22(10)13)12(23)11(18)9-4-2-1-3-5-9/h1-5,11H,6-8,18H2. The minimum Gasteiger partial charge on any atom is -0.332 e. The first-order chi connectivity index (χ1) is 10.9. The van der Waals surface area contributed by atoms with Crippen LogP contribution in [0.5, 0.6) is 0 Å². The van der Waals surface area contributed by atoms with E-state index in [9.17, 15) is 18.0 Å². The molecule has 1 aromatic carbocycles. The van der Waals surface area contributed by atoms with Crippen LogP contribution in [0.25, 0.3) is 0 Å². The van der Waals surface area contributed by atoms with Gasteiger partial charge in [-0.15, -0.1) is 10.2 Å². The Morgan fingerprint density at radius 3 is 2.52 bits per heavy atom. The molecule has 23 heavy (non-hydrogen) atoms. The van der Waals surface area contributed by atoms with Gasteiger partial charge in [-0.05, 0) is 5.56 Å². The lowest BCUT2D eigenvalue weighted by Crippen LogP contribution is -2.43. The Hall–Kier alpha value is -2.42. The Labute approximate surface area is 129 Å². The number of hydrogen-bond acceptors (Lipinski definition) is 4. The molecule has 0 fully saturated rings. The summed E-state index contributed by atoms with van der Waals surface area (Å²) in [6, 6.07) is 7.96. The monoisotopic (exact) mass is 325 g/mol. The van der Waals surface area contributed by atoms with Crippen LogP contribution in [0.2, 0.25) is 0 Å². The van der Waals surface area contributed by atoms with Crippen LogP contribution >= 0.6 is 0 Å². The molecule has 1 unspecified atom stereocenters. The number of nitrogens with zero attached hydrogens (tertiary/aromatic N) is 4. The number of halogens is 3. The van der Waals surface area contributed by atoms with Crippen LogP contribution in [0, 0.1) is 0 Å². The molecule has 2 N–H and O–H groups in total. The van der Waals surface area contributed by atoms with Gasteiger partial charge in [0, 0.05) is 13.1 Å². The van der Waals surface area contributed by atoms with Crippen LogP contribution in [-0.2, 0) is 24.1 Å². The lowest BCUT2D eigenvalue weighted by molar-refractivity contribution is -0.148. The predicted molar refractivity (Wildman–Crippen MR) is 73.8 cm³/mol. The molecule has 6 nitrogen and oxygen atoms in total. The summed E-state index contributed by atoms with van der Waals surface area (Å²) in [7, 11) is 0. The molecule has 1 aliphatic rings. The van der Waals surface area contributed by atoms with E-state index < -0.39 is 18.0 Å². The van der Waals surface area contributed by atoms with Crippen LogP contribution in [0.1, 0.15) is 23.3 Å². The van der Waals surface area contributed by atoms with E-state index in [4.69, 9.17) is 5.73 Å². The molecule has 0 saturated heterocycles. The van der Waals surface area contributed by atoms with E-state index >= 15 is 0 Å². The number of nitrogens with two attached hydrogens (primary N) is 1. The maximum atomic E-state index is 12.8. The van der Waals surface area contributed by atoms with Crippen molar-refractivity contribution in [2.45, 2.75) is 25.3 Å². The highest BCUT2D eigenvalue weighted by Gasteiger charge is 2.40. The molecule has 1 aliphatic heterocycles. The largest absolute Gasteiger partial charge is 0.451 e. The van der Waals surface area contributed by atoms with Gasteiger partial charge in [-0.1, -0.05) is 30.3 Å². The van der Waals surface area contributed by atoms with E-state index in [-0.39, 0.29) is 31.4 Å². The topological polar surface area (TPSA) is 77.0 Å².